The van der Waals surface area contributed by atoms with Gasteiger partial charge in [-0.1, -0.05) is 6.07 Å². The lowest BCUT2D eigenvalue weighted by Gasteiger charge is -2.20. The van der Waals surface area contributed by atoms with E-state index < -0.39 is 11.9 Å². The third-order valence-corrected chi connectivity index (χ3v) is 2.08. The van der Waals surface area contributed by atoms with Crippen molar-refractivity contribution in [3.63, 3.8) is 0 Å². The number of anilines is 1. The van der Waals surface area contributed by atoms with Crippen molar-refractivity contribution in [2.75, 3.05) is 18.5 Å². The monoisotopic (exact) mass is 252 g/mol. The fourth-order valence-electron chi connectivity index (χ4n) is 1.26. The van der Waals surface area contributed by atoms with Crippen LogP contribution in [0.5, 0.6) is 0 Å². The van der Waals surface area contributed by atoms with Crippen molar-refractivity contribution in [1.29, 1.82) is 0 Å². The lowest BCUT2D eigenvalue weighted by molar-refractivity contribution is -0.141. The van der Waals surface area contributed by atoms with Crippen molar-refractivity contribution in [3.8, 4) is 0 Å². The van der Waals surface area contributed by atoms with Gasteiger partial charge in [0.05, 0.1) is 0 Å². The van der Waals surface area contributed by atoms with E-state index in [2.05, 4.69) is 4.98 Å². The van der Waals surface area contributed by atoms with Gasteiger partial charge in [0.2, 0.25) is 0 Å². The summed E-state index contributed by atoms with van der Waals surface area (Å²) in [7, 11) is 1.65. The van der Waals surface area contributed by atoms with Crippen molar-refractivity contribution in [3.05, 3.63) is 23.9 Å². The number of nitrogens with zero attached hydrogens (tertiary/aromatic N) is 2. The topological polar surface area (TPSA) is 16.1 Å². The lowest BCUT2D eigenvalue weighted by atomic mass is 10.3. The fraction of sp³-hybridized carbons (Fsp3) is 0.500. The molecule has 0 aliphatic rings. The van der Waals surface area contributed by atoms with Crippen LogP contribution in [0.2, 0.25) is 0 Å². The van der Waals surface area contributed by atoms with Gasteiger partial charge < -0.3 is 4.90 Å². The summed E-state index contributed by atoms with van der Waals surface area (Å²) < 4.78 is 37.2. The van der Waals surface area contributed by atoms with E-state index in [1.54, 1.807) is 18.9 Å². The van der Waals surface area contributed by atoms with E-state index in [1.807, 2.05) is 0 Å². The first-order valence-electron chi connectivity index (χ1n) is 4.70. The van der Waals surface area contributed by atoms with Crippen LogP contribution in [0.4, 0.5) is 19.0 Å². The lowest BCUT2D eigenvalue weighted by Crippen LogP contribution is -2.25. The van der Waals surface area contributed by atoms with E-state index in [0.717, 1.165) is 6.07 Å². The maximum Gasteiger partial charge on any atom is 0.433 e. The molecule has 0 aliphatic carbocycles. The van der Waals surface area contributed by atoms with E-state index in [0.29, 0.717) is 6.54 Å². The Kier molecular flexibility index (Phi) is 4.02. The summed E-state index contributed by atoms with van der Waals surface area (Å²) in [5, 5.41) is -0.152. The van der Waals surface area contributed by atoms with Gasteiger partial charge >= 0.3 is 6.18 Å². The second-order valence-corrected chi connectivity index (χ2v) is 4.29. The molecule has 0 spiro atoms. The average molecular weight is 253 g/mol. The quantitative estimate of drug-likeness (QED) is 0.768. The van der Waals surface area contributed by atoms with Crippen molar-refractivity contribution in [1.82, 2.24) is 4.98 Å². The van der Waals surface area contributed by atoms with Crippen LogP contribution in [-0.2, 0) is 6.18 Å². The number of pyridine rings is 1. The van der Waals surface area contributed by atoms with Gasteiger partial charge in [-0.25, -0.2) is 4.98 Å². The van der Waals surface area contributed by atoms with Crippen LogP contribution in [0.1, 0.15) is 12.6 Å². The Morgan fingerprint density at radius 2 is 2.06 bits per heavy atom. The first kappa shape index (κ1) is 13.1. The molecule has 6 heteroatoms. The molecule has 0 aliphatic heterocycles. The number of rotatable bonds is 3. The van der Waals surface area contributed by atoms with E-state index in [4.69, 9.17) is 11.6 Å². The minimum Gasteiger partial charge on any atom is -0.358 e. The van der Waals surface area contributed by atoms with Crippen molar-refractivity contribution in [2.45, 2.75) is 18.5 Å². The van der Waals surface area contributed by atoms with Crippen LogP contribution >= 0.6 is 11.6 Å². The molecular formula is C10H12ClF3N2. The minimum absolute atomic E-state index is 0.152. The summed E-state index contributed by atoms with van der Waals surface area (Å²) in [4.78, 5) is 5.13. The zero-order valence-corrected chi connectivity index (χ0v) is 9.68. The summed E-state index contributed by atoms with van der Waals surface area (Å²) in [6.07, 6.45) is -4.41. The summed E-state index contributed by atoms with van der Waals surface area (Å²) in [5.41, 5.74) is -0.890. The molecule has 0 saturated carbocycles. The Bertz CT molecular complexity index is 352. The first-order chi connectivity index (χ1) is 7.30. The molecule has 1 rings (SSSR count). The summed E-state index contributed by atoms with van der Waals surface area (Å²) in [5.74, 6) is 0.266. The number of aromatic nitrogens is 1. The molecule has 0 N–H and O–H groups in total. The molecule has 0 amide bonds. The van der Waals surface area contributed by atoms with E-state index in [-0.39, 0.29) is 11.2 Å². The first-order valence-corrected chi connectivity index (χ1v) is 5.14. The van der Waals surface area contributed by atoms with Crippen LogP contribution in [-0.4, -0.2) is 24.0 Å². The summed E-state index contributed by atoms with van der Waals surface area (Å²) in [6.45, 7) is 2.21. The average Bonchev–Trinajstić information content (AvgIpc) is 2.15. The number of hydrogen-bond acceptors (Lipinski definition) is 2. The Hall–Kier alpha value is -0.970. The Labute approximate surface area is 97.0 Å². The number of halogens is 4. The highest BCUT2D eigenvalue weighted by Gasteiger charge is 2.32. The summed E-state index contributed by atoms with van der Waals surface area (Å²) >= 11 is 5.76. The molecule has 1 aromatic rings. The van der Waals surface area contributed by atoms with Gasteiger partial charge in [-0.15, -0.1) is 11.6 Å². The predicted molar refractivity (Wildman–Crippen MR) is 57.8 cm³/mol. The van der Waals surface area contributed by atoms with Gasteiger partial charge in [-0.3, -0.25) is 0 Å². The third-order valence-electron chi connectivity index (χ3n) is 1.94. The Morgan fingerprint density at radius 1 is 1.44 bits per heavy atom. The molecule has 1 heterocycles. The zero-order valence-electron chi connectivity index (χ0n) is 8.92. The molecule has 1 unspecified atom stereocenters. The van der Waals surface area contributed by atoms with Gasteiger partial charge in [0.15, 0.2) is 0 Å². The Morgan fingerprint density at radius 3 is 2.56 bits per heavy atom. The molecule has 0 saturated heterocycles. The summed E-state index contributed by atoms with van der Waals surface area (Å²) in [6, 6.07) is 3.80. The highest BCUT2D eigenvalue weighted by molar-refractivity contribution is 6.20. The third kappa shape index (κ3) is 3.56. The molecule has 16 heavy (non-hydrogen) atoms. The van der Waals surface area contributed by atoms with Gasteiger partial charge in [0.1, 0.15) is 11.5 Å². The normalized spacial score (nSPS) is 13.6. The van der Waals surface area contributed by atoms with Crippen LogP contribution < -0.4 is 4.90 Å². The van der Waals surface area contributed by atoms with E-state index >= 15 is 0 Å². The Balaban J connectivity index is 2.90. The van der Waals surface area contributed by atoms with E-state index in [9.17, 15) is 13.2 Å². The number of alkyl halides is 4. The smallest absolute Gasteiger partial charge is 0.358 e. The number of hydrogen-bond donors (Lipinski definition) is 0. The van der Waals surface area contributed by atoms with E-state index in [1.165, 1.54) is 12.1 Å². The van der Waals surface area contributed by atoms with Gasteiger partial charge in [0, 0.05) is 19.0 Å². The predicted octanol–water partition coefficient (Wildman–Crippen LogP) is 3.16. The van der Waals surface area contributed by atoms with Crippen molar-refractivity contribution in [2.24, 2.45) is 0 Å². The second kappa shape index (κ2) is 4.91. The standard InChI is InChI=1S/C10H12ClF3N2/c1-7(11)6-16(2)9-5-3-4-8(15-9)10(12,13)14/h3-5,7H,6H2,1-2H3. The molecule has 0 radical (unpaired) electrons. The van der Waals surface area contributed by atoms with Crippen LogP contribution in [0, 0.1) is 0 Å². The second-order valence-electron chi connectivity index (χ2n) is 3.54. The maximum absolute atomic E-state index is 12.4. The molecule has 2 nitrogen and oxygen atoms in total. The SMILES string of the molecule is CC(Cl)CN(C)c1cccc(C(F)(F)F)n1. The largest absolute Gasteiger partial charge is 0.433 e. The van der Waals surface area contributed by atoms with Gasteiger partial charge in [-0.2, -0.15) is 13.2 Å². The minimum atomic E-state index is -4.41. The molecule has 0 fully saturated rings. The molecule has 1 aromatic heterocycles. The van der Waals surface area contributed by atoms with Crippen LogP contribution in [0.3, 0.4) is 0 Å². The van der Waals surface area contributed by atoms with Gasteiger partial charge in [-0.05, 0) is 19.1 Å². The molecule has 0 bridgehead atoms. The highest BCUT2D eigenvalue weighted by Crippen LogP contribution is 2.28. The molecule has 90 valence electrons. The zero-order chi connectivity index (χ0) is 12.3. The highest BCUT2D eigenvalue weighted by atomic mass is 35.5. The van der Waals surface area contributed by atoms with Crippen LogP contribution in [0.15, 0.2) is 18.2 Å². The molecule has 0 aromatic carbocycles. The maximum atomic E-state index is 12.4. The molecule has 1 atom stereocenters. The van der Waals surface area contributed by atoms with Crippen molar-refractivity contribution >= 4 is 17.4 Å². The molecular weight excluding hydrogens is 241 g/mol. The fourth-order valence-corrected chi connectivity index (χ4v) is 1.47. The van der Waals surface area contributed by atoms with Crippen LogP contribution in [0.25, 0.3) is 0 Å². The van der Waals surface area contributed by atoms with Crippen molar-refractivity contribution < 1.29 is 13.2 Å². The van der Waals surface area contributed by atoms with Gasteiger partial charge in [0.25, 0.3) is 0 Å².